The Hall–Kier alpha value is -2.64. The van der Waals surface area contributed by atoms with Gasteiger partial charge in [0.1, 0.15) is 34.9 Å². The second kappa shape index (κ2) is 13.1. The highest BCUT2D eigenvalue weighted by molar-refractivity contribution is 6.18. The lowest BCUT2D eigenvalue weighted by atomic mass is 9.87. The van der Waals surface area contributed by atoms with Crippen LogP contribution in [0.15, 0.2) is 22.7 Å². The van der Waals surface area contributed by atoms with E-state index in [9.17, 15) is 29.4 Å². The number of ketones is 2. The molecule has 8 nitrogen and oxygen atoms in total. The van der Waals surface area contributed by atoms with E-state index in [2.05, 4.69) is 0 Å². The lowest BCUT2D eigenvalue weighted by Crippen LogP contribution is -2.39. The van der Waals surface area contributed by atoms with Crippen LogP contribution in [0.3, 0.4) is 0 Å². The molecular weight excluding hydrogens is 464 g/mol. The summed E-state index contributed by atoms with van der Waals surface area (Å²) in [5, 5.41) is 20.8. The van der Waals surface area contributed by atoms with Gasteiger partial charge in [0.05, 0.1) is 11.8 Å². The third kappa shape index (κ3) is 6.98. The Bertz CT molecular complexity index is 837. The SMILES string of the molecule is CC(C)[C@H]1OC(=O)C(C(=O)CCCCCCCCC(=O)C2=C(O)[C@@H](C)[C@@H](C(C)C)OC2=O)=C(O)[C@H]1C. The van der Waals surface area contributed by atoms with E-state index in [-0.39, 0.29) is 47.3 Å². The van der Waals surface area contributed by atoms with E-state index >= 15 is 0 Å². The Morgan fingerprint density at radius 3 is 1.28 bits per heavy atom. The Morgan fingerprint density at radius 2 is 0.972 bits per heavy atom. The molecule has 8 heteroatoms. The molecule has 0 aromatic heterocycles. The summed E-state index contributed by atoms with van der Waals surface area (Å²) in [6, 6.07) is 0. The Balaban J connectivity index is 1.71. The fraction of sp³-hybridized carbons (Fsp3) is 0.714. The van der Waals surface area contributed by atoms with Gasteiger partial charge in [-0.3, -0.25) is 9.59 Å². The molecule has 36 heavy (non-hydrogen) atoms. The van der Waals surface area contributed by atoms with Gasteiger partial charge in [-0.15, -0.1) is 0 Å². The number of carbonyl (C=O) groups is 4. The van der Waals surface area contributed by atoms with Crippen LogP contribution in [0.25, 0.3) is 0 Å². The number of Topliss-reactive ketones (excluding diaryl/α,β-unsaturated/α-hetero) is 2. The summed E-state index contributed by atoms with van der Waals surface area (Å²) in [5.74, 6) is -3.33. The lowest BCUT2D eigenvalue weighted by Gasteiger charge is -2.32. The van der Waals surface area contributed by atoms with Gasteiger partial charge in [0.15, 0.2) is 11.6 Å². The smallest absolute Gasteiger partial charge is 0.345 e. The normalized spacial score (nSPS) is 24.9. The van der Waals surface area contributed by atoms with Gasteiger partial charge >= 0.3 is 11.9 Å². The van der Waals surface area contributed by atoms with Crippen LogP contribution in [-0.4, -0.2) is 45.9 Å². The number of unbranched alkanes of at least 4 members (excludes halogenated alkanes) is 5. The third-order valence-corrected chi connectivity index (χ3v) is 7.18. The largest absolute Gasteiger partial charge is 0.511 e. The van der Waals surface area contributed by atoms with Crippen molar-refractivity contribution in [1.29, 1.82) is 0 Å². The number of aliphatic hydroxyl groups excluding tert-OH is 2. The monoisotopic (exact) mass is 506 g/mol. The van der Waals surface area contributed by atoms with E-state index in [0.29, 0.717) is 12.8 Å². The number of aliphatic hydroxyl groups is 2. The molecule has 2 heterocycles. The van der Waals surface area contributed by atoms with Crippen LogP contribution in [0.4, 0.5) is 0 Å². The van der Waals surface area contributed by atoms with Crippen molar-refractivity contribution < 1.29 is 38.9 Å². The zero-order valence-corrected chi connectivity index (χ0v) is 22.5. The number of esters is 2. The summed E-state index contributed by atoms with van der Waals surface area (Å²) >= 11 is 0. The van der Waals surface area contributed by atoms with Crippen molar-refractivity contribution in [2.45, 2.75) is 105 Å². The molecule has 0 saturated heterocycles. The summed E-state index contributed by atoms with van der Waals surface area (Å²) in [6.07, 6.45) is 3.89. The first-order valence-corrected chi connectivity index (χ1v) is 13.2. The van der Waals surface area contributed by atoms with Crippen LogP contribution in [-0.2, 0) is 28.7 Å². The molecule has 4 atom stereocenters. The highest BCUT2D eigenvalue weighted by Gasteiger charge is 2.40. The highest BCUT2D eigenvalue weighted by atomic mass is 16.6. The number of ether oxygens (including phenoxy) is 2. The number of hydrogen-bond donors (Lipinski definition) is 2. The molecule has 0 spiro atoms. The first kappa shape index (κ1) is 29.6. The van der Waals surface area contributed by atoms with Gasteiger partial charge in [0.2, 0.25) is 0 Å². The Kier molecular flexibility index (Phi) is 10.7. The van der Waals surface area contributed by atoms with Gasteiger partial charge in [-0.25, -0.2) is 9.59 Å². The van der Waals surface area contributed by atoms with Crippen LogP contribution in [0, 0.1) is 23.7 Å². The lowest BCUT2D eigenvalue weighted by molar-refractivity contribution is -0.155. The maximum Gasteiger partial charge on any atom is 0.345 e. The molecule has 0 amide bonds. The average molecular weight is 507 g/mol. The number of hydrogen-bond acceptors (Lipinski definition) is 8. The minimum Gasteiger partial charge on any atom is -0.511 e. The van der Waals surface area contributed by atoms with Crippen LogP contribution in [0.2, 0.25) is 0 Å². The molecule has 2 aliphatic rings. The van der Waals surface area contributed by atoms with Crippen molar-refractivity contribution in [3.05, 3.63) is 22.7 Å². The topological polar surface area (TPSA) is 127 Å². The third-order valence-electron chi connectivity index (χ3n) is 7.18. The van der Waals surface area contributed by atoms with Crippen molar-refractivity contribution in [1.82, 2.24) is 0 Å². The van der Waals surface area contributed by atoms with E-state index in [1.54, 1.807) is 13.8 Å². The second-order valence-electron chi connectivity index (χ2n) is 10.8. The van der Waals surface area contributed by atoms with Gasteiger partial charge in [0.25, 0.3) is 0 Å². The minimum atomic E-state index is -0.740. The predicted molar refractivity (Wildman–Crippen MR) is 134 cm³/mol. The maximum atomic E-state index is 12.5. The fourth-order valence-corrected chi connectivity index (χ4v) is 5.01. The molecule has 0 aliphatic carbocycles. The van der Waals surface area contributed by atoms with Crippen molar-refractivity contribution >= 4 is 23.5 Å². The van der Waals surface area contributed by atoms with Crippen molar-refractivity contribution in [2.24, 2.45) is 23.7 Å². The molecule has 0 aromatic carbocycles. The molecule has 2 rings (SSSR count). The summed E-state index contributed by atoms with van der Waals surface area (Å²) < 4.78 is 10.8. The van der Waals surface area contributed by atoms with Gasteiger partial charge in [-0.1, -0.05) is 67.2 Å². The van der Waals surface area contributed by atoms with Crippen molar-refractivity contribution in [3.8, 4) is 0 Å². The minimum absolute atomic E-state index is 0.0396. The molecule has 202 valence electrons. The first-order valence-electron chi connectivity index (χ1n) is 13.2. The summed E-state index contributed by atoms with van der Waals surface area (Å²) in [5.41, 5.74) is -0.434. The van der Waals surface area contributed by atoms with Gasteiger partial charge < -0.3 is 19.7 Å². The summed E-state index contributed by atoms with van der Waals surface area (Å²) in [6.45, 7) is 11.1. The molecule has 0 saturated carbocycles. The van der Waals surface area contributed by atoms with Gasteiger partial charge in [0, 0.05) is 12.8 Å². The number of cyclic esters (lactones) is 2. The van der Waals surface area contributed by atoms with E-state index < -0.39 is 47.5 Å². The van der Waals surface area contributed by atoms with E-state index in [1.807, 2.05) is 27.7 Å². The Morgan fingerprint density at radius 1 is 0.667 bits per heavy atom. The van der Waals surface area contributed by atoms with E-state index in [4.69, 9.17) is 9.47 Å². The van der Waals surface area contributed by atoms with Crippen LogP contribution in [0.1, 0.15) is 92.9 Å². The molecule has 0 aromatic rings. The standard InChI is InChI=1S/C28H42O8/c1-15(2)25-17(5)23(31)21(27(33)35-25)19(29)13-11-9-7-8-10-12-14-20(30)22-24(32)18(6)26(16(3)4)36-28(22)34/h15-18,25-26,31-32H,7-14H2,1-6H3/t17-,18-,25-,26-/m1/s1. The zero-order valence-electron chi connectivity index (χ0n) is 22.5. The van der Waals surface area contributed by atoms with Gasteiger partial charge in [-0.2, -0.15) is 0 Å². The second-order valence-corrected chi connectivity index (χ2v) is 10.8. The average Bonchev–Trinajstić information content (AvgIpc) is 2.80. The maximum absolute atomic E-state index is 12.5. The van der Waals surface area contributed by atoms with E-state index in [1.165, 1.54) is 0 Å². The molecule has 2 aliphatic heterocycles. The molecule has 0 fully saturated rings. The highest BCUT2D eigenvalue weighted by Crippen LogP contribution is 2.32. The molecule has 0 bridgehead atoms. The quantitative estimate of drug-likeness (QED) is 0.196. The first-order chi connectivity index (χ1) is 16.9. The van der Waals surface area contributed by atoms with E-state index in [0.717, 1.165) is 25.7 Å². The number of carbonyl (C=O) groups excluding carboxylic acids is 4. The Labute approximate surface area is 214 Å². The van der Waals surface area contributed by atoms with Crippen LogP contribution in [0.5, 0.6) is 0 Å². The fourth-order valence-electron chi connectivity index (χ4n) is 5.01. The van der Waals surface area contributed by atoms with Crippen LogP contribution < -0.4 is 0 Å². The van der Waals surface area contributed by atoms with Gasteiger partial charge in [-0.05, 0) is 24.7 Å². The summed E-state index contributed by atoms with van der Waals surface area (Å²) in [4.78, 5) is 49.5. The van der Waals surface area contributed by atoms with Crippen molar-refractivity contribution in [3.63, 3.8) is 0 Å². The zero-order chi connectivity index (χ0) is 27.2. The molecule has 2 N–H and O–H groups in total. The number of rotatable bonds is 13. The molecular formula is C28H42O8. The summed E-state index contributed by atoms with van der Waals surface area (Å²) in [7, 11) is 0. The van der Waals surface area contributed by atoms with Crippen molar-refractivity contribution in [2.75, 3.05) is 0 Å². The predicted octanol–water partition coefficient (Wildman–Crippen LogP) is 5.30. The molecule has 0 radical (unpaired) electrons. The molecule has 0 unspecified atom stereocenters. The van der Waals surface area contributed by atoms with Crippen LogP contribution >= 0.6 is 0 Å².